The largest absolute Gasteiger partial charge is 0.494 e. The van der Waals surface area contributed by atoms with E-state index in [1.54, 1.807) is 6.20 Å². The van der Waals surface area contributed by atoms with Crippen LogP contribution in [0.3, 0.4) is 0 Å². The van der Waals surface area contributed by atoms with Crippen molar-refractivity contribution in [3.8, 4) is 17.0 Å². The van der Waals surface area contributed by atoms with Crippen molar-refractivity contribution in [3.05, 3.63) is 65.6 Å². The van der Waals surface area contributed by atoms with Crippen LogP contribution >= 0.6 is 11.6 Å². The summed E-state index contributed by atoms with van der Waals surface area (Å²) in [5, 5.41) is 3.01. The van der Waals surface area contributed by atoms with Gasteiger partial charge in [-0.25, -0.2) is 27.5 Å². The zero-order valence-electron chi connectivity index (χ0n) is 19.5. The molecule has 0 atom stereocenters. The second kappa shape index (κ2) is 11.4. The standard InChI is InChI=1S/C23H23ClF2N6O4S/c1-35-18-4-3-15(20(25)21(18)26)17-13-29-23-22(28-7-9-32(17)23)31-14-2-5-19(16(24)12-14)37(33,34)30-8-11-36-10-6-27/h2-5,7,9,12-13,30H,6,8,10-11,27H2,1H3,(H,28,31). The Morgan fingerprint density at radius 3 is 2.68 bits per heavy atom. The highest BCUT2D eigenvalue weighted by molar-refractivity contribution is 7.89. The molecule has 0 fully saturated rings. The van der Waals surface area contributed by atoms with Crippen LogP contribution < -0.4 is 20.5 Å². The molecule has 0 bridgehead atoms. The number of rotatable bonds is 11. The van der Waals surface area contributed by atoms with Gasteiger partial charge in [0.15, 0.2) is 23.0 Å². The lowest BCUT2D eigenvalue weighted by atomic mass is 10.1. The number of hydrogen-bond donors (Lipinski definition) is 3. The molecule has 0 aliphatic rings. The van der Waals surface area contributed by atoms with E-state index in [9.17, 15) is 17.2 Å². The normalized spacial score (nSPS) is 11.7. The van der Waals surface area contributed by atoms with E-state index in [4.69, 9.17) is 26.8 Å². The number of anilines is 2. The van der Waals surface area contributed by atoms with Gasteiger partial charge < -0.3 is 20.5 Å². The van der Waals surface area contributed by atoms with Crippen LogP contribution in [0.15, 0.2) is 53.8 Å². The molecule has 14 heteroatoms. The second-order valence-corrected chi connectivity index (χ2v) is 9.77. The molecule has 0 unspecified atom stereocenters. The predicted octanol–water partition coefficient (Wildman–Crippen LogP) is 3.33. The monoisotopic (exact) mass is 552 g/mol. The van der Waals surface area contributed by atoms with Gasteiger partial charge in [0.25, 0.3) is 0 Å². The number of benzene rings is 2. The third-order valence-electron chi connectivity index (χ3n) is 5.26. The quantitative estimate of drug-likeness (QED) is 0.241. The molecule has 0 saturated carbocycles. The number of methoxy groups -OCH3 is 1. The van der Waals surface area contributed by atoms with E-state index in [0.717, 1.165) is 0 Å². The lowest BCUT2D eigenvalue weighted by Crippen LogP contribution is -2.28. The summed E-state index contributed by atoms with van der Waals surface area (Å²) < 4.78 is 68.0. The number of imidazole rings is 1. The molecule has 0 aliphatic carbocycles. The van der Waals surface area contributed by atoms with Crippen molar-refractivity contribution in [2.75, 3.05) is 38.7 Å². The maximum Gasteiger partial charge on any atom is 0.242 e. The number of nitrogens with two attached hydrogens (primary N) is 1. The van der Waals surface area contributed by atoms with Gasteiger partial charge in [-0.1, -0.05) is 11.6 Å². The molecule has 4 aromatic rings. The Morgan fingerprint density at radius 1 is 1.14 bits per heavy atom. The van der Waals surface area contributed by atoms with Crippen LogP contribution in [0.4, 0.5) is 20.3 Å². The summed E-state index contributed by atoms with van der Waals surface area (Å²) in [6, 6.07) is 7.01. The third kappa shape index (κ3) is 5.65. The topological polar surface area (TPSA) is 133 Å². The zero-order chi connectivity index (χ0) is 26.6. The first-order chi connectivity index (χ1) is 17.8. The van der Waals surface area contributed by atoms with Crippen molar-refractivity contribution in [1.29, 1.82) is 0 Å². The minimum absolute atomic E-state index is 0.0125. The fourth-order valence-corrected chi connectivity index (χ4v) is 5.09. The van der Waals surface area contributed by atoms with Gasteiger partial charge in [-0.2, -0.15) is 4.39 Å². The lowest BCUT2D eigenvalue weighted by Gasteiger charge is -2.12. The van der Waals surface area contributed by atoms with Crippen molar-refractivity contribution in [3.63, 3.8) is 0 Å². The van der Waals surface area contributed by atoms with E-state index in [1.165, 1.54) is 54.2 Å². The molecule has 37 heavy (non-hydrogen) atoms. The fourth-order valence-electron chi connectivity index (χ4n) is 3.54. The molecule has 2 aromatic heterocycles. The number of aromatic nitrogens is 3. The average Bonchev–Trinajstić information content (AvgIpc) is 3.30. The zero-order valence-corrected chi connectivity index (χ0v) is 21.1. The summed E-state index contributed by atoms with van der Waals surface area (Å²) in [6.45, 7) is 0.897. The molecule has 0 spiro atoms. The molecule has 0 aliphatic heterocycles. The number of fused-ring (bicyclic) bond motifs is 1. The number of hydrogen-bond acceptors (Lipinski definition) is 8. The van der Waals surface area contributed by atoms with E-state index in [1.807, 2.05) is 0 Å². The van der Waals surface area contributed by atoms with E-state index < -0.39 is 21.7 Å². The first-order valence-electron chi connectivity index (χ1n) is 10.9. The molecule has 0 saturated heterocycles. The lowest BCUT2D eigenvalue weighted by molar-refractivity contribution is 0.147. The van der Waals surface area contributed by atoms with Gasteiger partial charge in [0.2, 0.25) is 15.8 Å². The van der Waals surface area contributed by atoms with Crippen molar-refractivity contribution in [2.45, 2.75) is 4.90 Å². The van der Waals surface area contributed by atoms with Gasteiger partial charge >= 0.3 is 0 Å². The van der Waals surface area contributed by atoms with Crippen LogP contribution in [-0.2, 0) is 14.8 Å². The highest BCUT2D eigenvalue weighted by Gasteiger charge is 2.20. The molecule has 196 valence electrons. The van der Waals surface area contributed by atoms with Crippen molar-refractivity contribution < 1.29 is 26.7 Å². The van der Waals surface area contributed by atoms with Gasteiger partial charge in [-0.05, 0) is 30.3 Å². The number of nitrogens with one attached hydrogen (secondary N) is 2. The van der Waals surface area contributed by atoms with Gasteiger partial charge in [0.05, 0.1) is 37.2 Å². The molecular formula is C23H23ClF2N6O4S. The molecule has 4 N–H and O–H groups in total. The minimum atomic E-state index is -3.87. The molecular weight excluding hydrogens is 530 g/mol. The first-order valence-corrected chi connectivity index (χ1v) is 12.8. The molecule has 10 nitrogen and oxygen atoms in total. The first kappa shape index (κ1) is 26.7. The summed E-state index contributed by atoms with van der Waals surface area (Å²) in [6.07, 6.45) is 4.39. The van der Waals surface area contributed by atoms with Crippen molar-refractivity contribution >= 4 is 38.8 Å². The Labute approximate surface area is 216 Å². The van der Waals surface area contributed by atoms with Gasteiger partial charge in [-0.15, -0.1) is 0 Å². The second-order valence-electron chi connectivity index (χ2n) is 7.63. The Hall–Kier alpha value is -3.36. The van der Waals surface area contributed by atoms with E-state index in [2.05, 4.69) is 20.0 Å². The number of nitrogens with zero attached hydrogens (tertiary/aromatic N) is 3. The van der Waals surface area contributed by atoms with Crippen LogP contribution in [-0.4, -0.2) is 56.2 Å². The van der Waals surface area contributed by atoms with Gasteiger partial charge in [0.1, 0.15) is 4.90 Å². The van der Waals surface area contributed by atoms with E-state index >= 15 is 0 Å². The molecule has 0 radical (unpaired) electrons. The van der Waals surface area contributed by atoms with E-state index in [-0.39, 0.29) is 40.2 Å². The fraction of sp³-hybridized carbons (Fsp3) is 0.217. The van der Waals surface area contributed by atoms with Gasteiger partial charge in [0, 0.05) is 36.7 Å². The Balaban J connectivity index is 1.58. The van der Waals surface area contributed by atoms with Crippen LogP contribution in [0.2, 0.25) is 5.02 Å². The number of sulfonamides is 1. The Bertz CT molecular complexity index is 1530. The summed E-state index contributed by atoms with van der Waals surface area (Å²) >= 11 is 6.27. The van der Waals surface area contributed by atoms with Gasteiger partial charge in [-0.3, -0.25) is 4.40 Å². The van der Waals surface area contributed by atoms with Crippen molar-refractivity contribution in [2.24, 2.45) is 5.73 Å². The summed E-state index contributed by atoms with van der Waals surface area (Å²) in [7, 11) is -2.62. The van der Waals surface area contributed by atoms with Crippen LogP contribution in [0.25, 0.3) is 16.9 Å². The highest BCUT2D eigenvalue weighted by atomic mass is 35.5. The third-order valence-corrected chi connectivity index (χ3v) is 7.20. The predicted molar refractivity (Wildman–Crippen MR) is 135 cm³/mol. The minimum Gasteiger partial charge on any atom is -0.494 e. The van der Waals surface area contributed by atoms with Crippen LogP contribution in [0.5, 0.6) is 5.75 Å². The molecule has 4 rings (SSSR count). The highest BCUT2D eigenvalue weighted by Crippen LogP contribution is 2.32. The smallest absolute Gasteiger partial charge is 0.242 e. The Kier molecular flexibility index (Phi) is 8.19. The molecule has 0 amide bonds. The maximum atomic E-state index is 14.7. The average molecular weight is 553 g/mol. The molecule has 2 aromatic carbocycles. The van der Waals surface area contributed by atoms with Crippen LogP contribution in [0, 0.1) is 11.6 Å². The summed E-state index contributed by atoms with van der Waals surface area (Å²) in [5.74, 6) is -2.11. The summed E-state index contributed by atoms with van der Waals surface area (Å²) in [5.41, 5.74) is 6.36. The summed E-state index contributed by atoms with van der Waals surface area (Å²) in [4.78, 5) is 8.45. The van der Waals surface area contributed by atoms with Crippen molar-refractivity contribution in [1.82, 2.24) is 19.1 Å². The van der Waals surface area contributed by atoms with Crippen LogP contribution in [0.1, 0.15) is 0 Å². The number of ether oxygens (including phenoxy) is 2. The van der Waals surface area contributed by atoms with E-state index in [0.29, 0.717) is 30.2 Å². The SMILES string of the molecule is COc1ccc(-c2cnc3c(Nc4ccc(S(=O)(=O)NCCOCCN)c(Cl)c4)nccn23)c(F)c1F. The number of halogens is 3. The maximum absolute atomic E-state index is 14.7. The Morgan fingerprint density at radius 2 is 1.95 bits per heavy atom. The molecule has 2 heterocycles.